The third-order valence-corrected chi connectivity index (χ3v) is 3.19. The number of rotatable bonds is 1. The van der Waals surface area contributed by atoms with Crippen molar-refractivity contribution >= 4 is 11.5 Å². The lowest BCUT2D eigenvalue weighted by Gasteiger charge is -2.11. The minimum absolute atomic E-state index is 0.0394. The van der Waals surface area contributed by atoms with Crippen molar-refractivity contribution < 1.29 is 13.2 Å². The van der Waals surface area contributed by atoms with Crippen molar-refractivity contribution in [3.8, 4) is 11.1 Å². The van der Waals surface area contributed by atoms with Crippen LogP contribution in [0.15, 0.2) is 36.5 Å². The average molecular weight is 292 g/mol. The van der Waals surface area contributed by atoms with Crippen molar-refractivity contribution in [3.63, 3.8) is 0 Å². The van der Waals surface area contributed by atoms with Gasteiger partial charge in [-0.25, -0.2) is 9.50 Å². The van der Waals surface area contributed by atoms with Crippen molar-refractivity contribution in [2.24, 2.45) is 0 Å². The Balaban J connectivity index is 2.32. The maximum Gasteiger partial charge on any atom is 0.417 e. The second kappa shape index (κ2) is 4.47. The number of alkyl halides is 3. The van der Waals surface area contributed by atoms with Gasteiger partial charge in [0.05, 0.1) is 11.8 Å². The molecule has 2 aromatic heterocycles. The molecule has 1 aromatic carbocycles. The van der Waals surface area contributed by atoms with Crippen LogP contribution in [0, 0.1) is 6.92 Å². The molecule has 2 N–H and O–H groups in total. The van der Waals surface area contributed by atoms with Crippen molar-refractivity contribution in [1.29, 1.82) is 0 Å². The molecule has 0 saturated heterocycles. The molecule has 21 heavy (non-hydrogen) atoms. The van der Waals surface area contributed by atoms with Gasteiger partial charge in [-0.05, 0) is 18.6 Å². The molecule has 0 spiro atoms. The normalized spacial score (nSPS) is 12.0. The first-order chi connectivity index (χ1) is 9.88. The van der Waals surface area contributed by atoms with E-state index >= 15 is 0 Å². The highest BCUT2D eigenvalue weighted by Crippen LogP contribution is 2.38. The van der Waals surface area contributed by atoms with Gasteiger partial charge in [-0.1, -0.05) is 18.2 Å². The first-order valence-electron chi connectivity index (χ1n) is 6.15. The maximum atomic E-state index is 13.1. The monoisotopic (exact) mass is 292 g/mol. The third kappa shape index (κ3) is 2.20. The maximum absolute atomic E-state index is 13.1. The van der Waals surface area contributed by atoms with Crippen LogP contribution in [-0.4, -0.2) is 14.6 Å². The lowest BCUT2D eigenvalue weighted by atomic mass is 10.0. The quantitative estimate of drug-likeness (QED) is 0.748. The van der Waals surface area contributed by atoms with Crippen LogP contribution in [0.3, 0.4) is 0 Å². The molecule has 0 radical (unpaired) electrons. The lowest BCUT2D eigenvalue weighted by molar-refractivity contribution is -0.137. The summed E-state index contributed by atoms with van der Waals surface area (Å²) < 4.78 is 40.9. The molecular formula is C14H11F3N4. The van der Waals surface area contributed by atoms with Gasteiger partial charge in [-0.15, -0.1) is 0 Å². The number of aromatic nitrogens is 3. The van der Waals surface area contributed by atoms with Gasteiger partial charge in [0.25, 0.3) is 0 Å². The van der Waals surface area contributed by atoms with Gasteiger partial charge < -0.3 is 5.73 Å². The molecule has 0 unspecified atom stereocenters. The van der Waals surface area contributed by atoms with E-state index < -0.39 is 11.7 Å². The molecule has 3 rings (SSSR count). The van der Waals surface area contributed by atoms with Gasteiger partial charge in [-0.3, -0.25) is 0 Å². The molecule has 2 heterocycles. The molecule has 0 amide bonds. The van der Waals surface area contributed by atoms with Crippen LogP contribution in [0.5, 0.6) is 0 Å². The smallest absolute Gasteiger partial charge is 0.384 e. The topological polar surface area (TPSA) is 56.2 Å². The number of nitrogens with two attached hydrogens (primary N) is 1. The molecule has 0 fully saturated rings. The summed E-state index contributed by atoms with van der Waals surface area (Å²) in [5.74, 6) is 0.242. The Bertz CT molecular complexity index is 821. The van der Waals surface area contributed by atoms with Crippen LogP contribution >= 0.6 is 0 Å². The number of nitrogens with zero attached hydrogens (tertiary/aromatic N) is 3. The molecule has 0 atom stereocenters. The van der Waals surface area contributed by atoms with Crippen molar-refractivity contribution in [2.75, 3.05) is 5.73 Å². The molecular weight excluding hydrogens is 281 g/mol. The summed E-state index contributed by atoms with van der Waals surface area (Å²) in [5, 5.41) is 4.09. The van der Waals surface area contributed by atoms with E-state index in [0.717, 1.165) is 6.07 Å². The molecule has 7 heteroatoms. The highest BCUT2D eigenvalue weighted by atomic mass is 19.4. The minimum atomic E-state index is -4.44. The van der Waals surface area contributed by atoms with Crippen LogP contribution in [-0.2, 0) is 6.18 Å². The molecule has 0 aliphatic rings. The van der Waals surface area contributed by atoms with Gasteiger partial charge in [0.15, 0.2) is 5.65 Å². The minimum Gasteiger partial charge on any atom is -0.384 e. The summed E-state index contributed by atoms with van der Waals surface area (Å²) >= 11 is 0. The van der Waals surface area contributed by atoms with Crippen molar-refractivity contribution in [1.82, 2.24) is 14.6 Å². The highest BCUT2D eigenvalue weighted by Gasteiger charge is 2.34. The number of anilines is 1. The van der Waals surface area contributed by atoms with E-state index in [4.69, 9.17) is 5.73 Å². The van der Waals surface area contributed by atoms with Crippen molar-refractivity contribution in [3.05, 3.63) is 47.8 Å². The number of nitrogen functional groups attached to an aromatic ring is 1. The summed E-state index contributed by atoms with van der Waals surface area (Å²) in [7, 11) is 0. The summed E-state index contributed by atoms with van der Waals surface area (Å²) in [6, 6.07) is 6.95. The van der Waals surface area contributed by atoms with E-state index in [1.54, 1.807) is 19.1 Å². The van der Waals surface area contributed by atoms with Crippen LogP contribution in [0.4, 0.5) is 19.0 Å². The zero-order valence-corrected chi connectivity index (χ0v) is 11.0. The SMILES string of the molecule is Cc1cc(N)nc2c(-c3ccccc3C(F)(F)F)cnn12. The lowest BCUT2D eigenvalue weighted by Crippen LogP contribution is -2.07. The zero-order chi connectivity index (χ0) is 15.2. The number of benzene rings is 1. The Morgan fingerprint density at radius 1 is 1.14 bits per heavy atom. The molecule has 108 valence electrons. The average Bonchev–Trinajstić information content (AvgIpc) is 2.81. The molecule has 0 saturated carbocycles. The molecule has 3 aromatic rings. The number of hydrogen-bond acceptors (Lipinski definition) is 3. The third-order valence-electron chi connectivity index (χ3n) is 3.19. The predicted octanol–water partition coefficient (Wildman–Crippen LogP) is 3.31. The Morgan fingerprint density at radius 3 is 2.57 bits per heavy atom. The second-order valence-electron chi connectivity index (χ2n) is 4.66. The van der Waals surface area contributed by atoms with E-state index in [0.29, 0.717) is 16.9 Å². The van der Waals surface area contributed by atoms with E-state index in [9.17, 15) is 13.2 Å². The number of aryl methyl sites for hydroxylation is 1. The fraction of sp³-hybridized carbons (Fsp3) is 0.143. The molecule has 0 aliphatic carbocycles. The molecule has 0 aliphatic heterocycles. The van der Waals surface area contributed by atoms with Crippen LogP contribution in [0.1, 0.15) is 11.3 Å². The Labute approximate surface area is 118 Å². The van der Waals surface area contributed by atoms with Crippen LogP contribution in [0.25, 0.3) is 16.8 Å². The molecule has 0 bridgehead atoms. The second-order valence-corrected chi connectivity index (χ2v) is 4.66. The molecule has 4 nitrogen and oxygen atoms in total. The predicted molar refractivity (Wildman–Crippen MR) is 72.6 cm³/mol. The number of halogens is 3. The van der Waals surface area contributed by atoms with Gasteiger partial charge in [-0.2, -0.15) is 18.3 Å². The van der Waals surface area contributed by atoms with E-state index in [1.807, 2.05) is 0 Å². The summed E-state index contributed by atoms with van der Waals surface area (Å²) in [6.45, 7) is 1.76. The number of fused-ring (bicyclic) bond motifs is 1. The summed E-state index contributed by atoms with van der Waals surface area (Å²) in [6.07, 6.45) is -3.07. The largest absolute Gasteiger partial charge is 0.417 e. The first kappa shape index (κ1) is 13.4. The number of hydrogen-bond donors (Lipinski definition) is 1. The standard InChI is InChI=1S/C14H11F3N4/c1-8-6-12(18)20-13-10(7-19-21(8)13)9-4-2-3-5-11(9)14(15,16)17/h2-7H,1H3,(H2,18,20). The Kier molecular flexibility index (Phi) is 2.86. The van der Waals surface area contributed by atoms with Gasteiger partial charge in [0, 0.05) is 17.3 Å². The highest BCUT2D eigenvalue weighted by molar-refractivity contribution is 5.80. The fourth-order valence-electron chi connectivity index (χ4n) is 2.29. The Morgan fingerprint density at radius 2 is 1.86 bits per heavy atom. The van der Waals surface area contributed by atoms with E-state index in [1.165, 1.54) is 22.8 Å². The van der Waals surface area contributed by atoms with Crippen molar-refractivity contribution in [2.45, 2.75) is 13.1 Å². The van der Waals surface area contributed by atoms with Gasteiger partial charge in [0.1, 0.15) is 5.82 Å². The van der Waals surface area contributed by atoms with E-state index in [-0.39, 0.29) is 11.4 Å². The first-order valence-corrected chi connectivity index (χ1v) is 6.15. The zero-order valence-electron chi connectivity index (χ0n) is 11.0. The Hall–Kier alpha value is -2.57. The summed E-state index contributed by atoms with van der Waals surface area (Å²) in [4.78, 5) is 4.11. The van der Waals surface area contributed by atoms with E-state index in [2.05, 4.69) is 10.1 Å². The fourth-order valence-corrected chi connectivity index (χ4v) is 2.29. The van der Waals surface area contributed by atoms with Gasteiger partial charge >= 0.3 is 6.18 Å². The summed E-state index contributed by atoms with van der Waals surface area (Å²) in [5.41, 5.74) is 6.31. The van der Waals surface area contributed by atoms with Crippen LogP contribution < -0.4 is 5.73 Å². The van der Waals surface area contributed by atoms with Crippen LogP contribution in [0.2, 0.25) is 0 Å². The van der Waals surface area contributed by atoms with Gasteiger partial charge in [0.2, 0.25) is 0 Å².